The third-order valence-electron chi connectivity index (χ3n) is 5.37. The summed E-state index contributed by atoms with van der Waals surface area (Å²) in [4.78, 5) is 24.6. The Morgan fingerprint density at radius 3 is 2.05 bits per heavy atom. The van der Waals surface area contributed by atoms with E-state index < -0.39 is 55.3 Å². The highest BCUT2D eigenvalue weighted by atomic mass is 19.4. The number of nitrogens with zero attached hydrogens (tertiary/aromatic N) is 1. The molecular weight excluding hydrogens is 576 g/mol. The number of carboxylic acids is 1. The van der Waals surface area contributed by atoms with Crippen molar-refractivity contribution in [1.29, 1.82) is 0 Å². The van der Waals surface area contributed by atoms with E-state index in [1.807, 2.05) is 0 Å². The molecule has 0 saturated heterocycles. The lowest BCUT2D eigenvalue weighted by atomic mass is 10.1. The van der Waals surface area contributed by atoms with Gasteiger partial charge in [-0.25, -0.2) is 14.0 Å². The number of rotatable bonds is 15. The molecule has 1 atom stereocenters. The minimum Gasteiger partial charge on any atom is -0.492 e. The van der Waals surface area contributed by atoms with Crippen molar-refractivity contribution in [1.82, 2.24) is 4.90 Å². The number of urea groups is 1. The van der Waals surface area contributed by atoms with Gasteiger partial charge < -0.3 is 29.5 Å². The van der Waals surface area contributed by atoms with Crippen LogP contribution in [0.4, 0.5) is 45.6 Å². The summed E-state index contributed by atoms with van der Waals surface area (Å²) in [5, 5.41) is 11.5. The van der Waals surface area contributed by atoms with E-state index in [9.17, 15) is 49.8 Å². The van der Waals surface area contributed by atoms with Crippen LogP contribution in [0.2, 0.25) is 0 Å². The molecule has 0 saturated carbocycles. The first-order chi connectivity index (χ1) is 19.1. The fourth-order valence-corrected chi connectivity index (χ4v) is 3.22. The summed E-state index contributed by atoms with van der Waals surface area (Å²) in [5.41, 5.74) is 0.673. The zero-order valence-electron chi connectivity index (χ0n) is 21.4. The number of carbonyl (C=O) groups excluding carboxylic acids is 1. The molecule has 1 unspecified atom stereocenters. The summed E-state index contributed by atoms with van der Waals surface area (Å²) < 4.78 is 117. The Labute approximate surface area is 228 Å². The average Bonchev–Trinajstić information content (AvgIpc) is 2.88. The van der Waals surface area contributed by atoms with E-state index in [-0.39, 0.29) is 37.6 Å². The second-order valence-electron chi connectivity index (χ2n) is 8.34. The Bertz CT molecular complexity index is 1130. The predicted octanol–water partition coefficient (Wildman–Crippen LogP) is 5.58. The molecule has 2 aromatic rings. The highest BCUT2D eigenvalue weighted by Gasteiger charge is 2.74. The van der Waals surface area contributed by atoms with Gasteiger partial charge in [0.15, 0.2) is 6.10 Å². The number of nitrogens with one attached hydrogen (secondary N) is 1. The molecule has 0 bridgehead atoms. The molecular formula is C25H26F8N2O6. The summed E-state index contributed by atoms with van der Waals surface area (Å²) in [6, 6.07) is 9.40. The van der Waals surface area contributed by atoms with Crippen molar-refractivity contribution < 1.29 is 64.0 Å². The van der Waals surface area contributed by atoms with E-state index >= 15 is 0 Å². The maximum atomic E-state index is 13.5. The number of halogens is 8. The van der Waals surface area contributed by atoms with E-state index in [2.05, 4.69) is 10.1 Å². The number of alkyl halides is 7. The third-order valence-corrected chi connectivity index (χ3v) is 5.37. The second kappa shape index (κ2) is 14.3. The zero-order valence-corrected chi connectivity index (χ0v) is 21.4. The van der Waals surface area contributed by atoms with Crippen molar-refractivity contribution >= 4 is 17.7 Å². The van der Waals surface area contributed by atoms with Gasteiger partial charge in [-0.05, 0) is 48.9 Å². The minimum absolute atomic E-state index is 0.0683. The summed E-state index contributed by atoms with van der Waals surface area (Å²) in [5.74, 6) is -8.00. The van der Waals surface area contributed by atoms with E-state index in [1.165, 1.54) is 24.3 Å². The smallest absolute Gasteiger partial charge is 0.462 e. The number of carboxylic acid groups (broad SMARTS) is 1. The highest BCUT2D eigenvalue weighted by molar-refractivity contribution is 5.89. The van der Waals surface area contributed by atoms with Crippen LogP contribution in [0.5, 0.6) is 5.75 Å². The summed E-state index contributed by atoms with van der Waals surface area (Å²) in [6.07, 6.45) is -13.5. The minimum atomic E-state index is -6.59. The first-order valence-electron chi connectivity index (χ1n) is 11.9. The van der Waals surface area contributed by atoms with Crippen LogP contribution >= 0.6 is 0 Å². The van der Waals surface area contributed by atoms with Crippen LogP contribution in [0.3, 0.4) is 0 Å². The SMILES string of the molecule is CCOC(Cc1ccc(OCCN(CCOC(F)(F)C(F)(F)C(F)(F)F)C(=O)Nc2ccc(F)cc2)cc1)C(=O)O. The summed E-state index contributed by atoms with van der Waals surface area (Å²) in [7, 11) is 0. The van der Waals surface area contributed by atoms with Crippen LogP contribution in [-0.4, -0.2) is 79.2 Å². The van der Waals surface area contributed by atoms with E-state index in [0.29, 0.717) is 5.56 Å². The monoisotopic (exact) mass is 602 g/mol. The molecule has 2 aromatic carbocycles. The maximum Gasteiger partial charge on any atom is 0.462 e. The number of carbonyl (C=O) groups is 2. The molecule has 0 radical (unpaired) electrons. The molecule has 0 spiro atoms. The Balaban J connectivity index is 2.04. The standard InChI is InChI=1S/C25H26F8N2O6/c1-2-39-20(21(36)37)15-16-3-9-19(10-4-16)40-13-11-35(22(38)34-18-7-5-17(26)6-8-18)12-14-41-25(32,33)23(27,28)24(29,30)31/h3-10,20H,2,11-15H2,1H3,(H,34,38)(H,36,37). The van der Waals surface area contributed by atoms with E-state index in [1.54, 1.807) is 19.1 Å². The molecule has 41 heavy (non-hydrogen) atoms. The number of hydrogen-bond acceptors (Lipinski definition) is 5. The molecule has 0 aromatic heterocycles. The lowest BCUT2D eigenvalue weighted by Gasteiger charge is -2.29. The predicted molar refractivity (Wildman–Crippen MR) is 128 cm³/mol. The summed E-state index contributed by atoms with van der Waals surface area (Å²) in [6.45, 7) is -1.09. The normalized spacial score (nSPS) is 13.0. The van der Waals surface area contributed by atoms with Crippen LogP contribution in [0.15, 0.2) is 48.5 Å². The fourth-order valence-electron chi connectivity index (χ4n) is 3.22. The molecule has 8 nitrogen and oxygen atoms in total. The first kappa shape index (κ1) is 33.5. The molecule has 16 heteroatoms. The molecule has 228 valence electrons. The Hall–Kier alpha value is -3.66. The van der Waals surface area contributed by atoms with Crippen LogP contribution in [-0.2, 0) is 20.7 Å². The molecule has 0 aliphatic rings. The molecule has 0 aliphatic heterocycles. The molecule has 0 heterocycles. The molecule has 2 N–H and O–H groups in total. The van der Waals surface area contributed by atoms with Gasteiger partial charge in [0.25, 0.3) is 0 Å². The van der Waals surface area contributed by atoms with Gasteiger partial charge in [-0.1, -0.05) is 12.1 Å². The lowest BCUT2D eigenvalue weighted by molar-refractivity contribution is -0.423. The average molecular weight is 602 g/mol. The molecule has 0 aliphatic carbocycles. The first-order valence-corrected chi connectivity index (χ1v) is 11.9. The van der Waals surface area contributed by atoms with Gasteiger partial charge in [0, 0.05) is 25.3 Å². The van der Waals surface area contributed by atoms with Crippen LogP contribution in [0.1, 0.15) is 12.5 Å². The zero-order chi connectivity index (χ0) is 30.8. The molecule has 2 rings (SSSR count). The van der Waals surface area contributed by atoms with Gasteiger partial charge in [0.1, 0.15) is 18.2 Å². The highest BCUT2D eigenvalue weighted by Crippen LogP contribution is 2.46. The number of amides is 2. The van der Waals surface area contributed by atoms with E-state index in [0.717, 1.165) is 17.0 Å². The molecule has 2 amide bonds. The topological polar surface area (TPSA) is 97.3 Å². The lowest BCUT2D eigenvalue weighted by Crippen LogP contribution is -2.54. The van der Waals surface area contributed by atoms with E-state index in [4.69, 9.17) is 9.47 Å². The Morgan fingerprint density at radius 1 is 0.927 bits per heavy atom. The summed E-state index contributed by atoms with van der Waals surface area (Å²) >= 11 is 0. The number of hydrogen-bond donors (Lipinski definition) is 2. The maximum absolute atomic E-state index is 13.5. The van der Waals surface area contributed by atoms with Gasteiger partial charge in [-0.15, -0.1) is 0 Å². The van der Waals surface area contributed by atoms with Gasteiger partial charge >= 0.3 is 30.2 Å². The number of aliphatic carboxylic acids is 1. The van der Waals surface area contributed by atoms with Gasteiger partial charge in [0.2, 0.25) is 0 Å². The number of anilines is 1. The number of ether oxygens (including phenoxy) is 3. The largest absolute Gasteiger partial charge is 0.492 e. The van der Waals surface area contributed by atoms with Crippen molar-refractivity contribution in [3.8, 4) is 5.75 Å². The molecule has 0 fully saturated rings. The van der Waals surface area contributed by atoms with Crippen LogP contribution < -0.4 is 10.1 Å². The third kappa shape index (κ3) is 9.74. The van der Waals surface area contributed by atoms with Gasteiger partial charge in [-0.2, -0.15) is 30.7 Å². The van der Waals surface area contributed by atoms with Crippen LogP contribution in [0, 0.1) is 5.82 Å². The Kier molecular flexibility index (Phi) is 11.7. The fraction of sp³-hybridized carbons (Fsp3) is 0.440. The quantitative estimate of drug-likeness (QED) is 0.259. The Morgan fingerprint density at radius 2 is 1.51 bits per heavy atom. The number of benzene rings is 2. The van der Waals surface area contributed by atoms with Gasteiger partial charge in [0.05, 0.1) is 13.2 Å². The van der Waals surface area contributed by atoms with Crippen molar-refractivity contribution in [2.75, 3.05) is 38.2 Å². The van der Waals surface area contributed by atoms with Gasteiger partial charge in [-0.3, -0.25) is 0 Å². The van der Waals surface area contributed by atoms with Crippen molar-refractivity contribution in [2.45, 2.75) is 37.7 Å². The van der Waals surface area contributed by atoms with Crippen molar-refractivity contribution in [2.24, 2.45) is 0 Å². The van der Waals surface area contributed by atoms with Crippen molar-refractivity contribution in [3.63, 3.8) is 0 Å². The van der Waals surface area contributed by atoms with Crippen molar-refractivity contribution in [3.05, 3.63) is 59.9 Å². The van der Waals surface area contributed by atoms with Crippen LogP contribution in [0.25, 0.3) is 0 Å². The second-order valence-corrected chi connectivity index (χ2v) is 8.34.